The SMILES string of the molecule is O=C(NC1CC2CCN(CC2)C1)c1cc2ccoc2cn1. The van der Waals surface area contributed by atoms with Crippen molar-refractivity contribution >= 4 is 16.9 Å². The number of nitrogens with one attached hydrogen (secondary N) is 1. The van der Waals surface area contributed by atoms with Gasteiger partial charge in [-0.3, -0.25) is 4.79 Å². The van der Waals surface area contributed by atoms with Crippen LogP contribution in [0.2, 0.25) is 0 Å². The molecule has 21 heavy (non-hydrogen) atoms. The second kappa shape index (κ2) is 5.15. The van der Waals surface area contributed by atoms with Gasteiger partial charge in [0.05, 0.1) is 12.5 Å². The van der Waals surface area contributed by atoms with Crippen molar-refractivity contribution < 1.29 is 9.21 Å². The first kappa shape index (κ1) is 12.8. The number of piperidine rings is 1. The van der Waals surface area contributed by atoms with Crippen LogP contribution in [0.25, 0.3) is 11.0 Å². The van der Waals surface area contributed by atoms with E-state index in [9.17, 15) is 4.79 Å². The van der Waals surface area contributed by atoms with Gasteiger partial charge in [0, 0.05) is 18.0 Å². The molecule has 5 nitrogen and oxygen atoms in total. The van der Waals surface area contributed by atoms with Crippen LogP contribution in [-0.4, -0.2) is 41.5 Å². The number of pyridine rings is 1. The number of fused-ring (bicyclic) bond motifs is 5. The number of carbonyl (C=O) groups excluding carboxylic acids is 1. The van der Waals surface area contributed by atoms with Gasteiger partial charge >= 0.3 is 0 Å². The van der Waals surface area contributed by atoms with Crippen LogP contribution < -0.4 is 5.32 Å². The summed E-state index contributed by atoms with van der Waals surface area (Å²) in [4.78, 5) is 19.1. The maximum Gasteiger partial charge on any atom is 0.270 e. The highest BCUT2D eigenvalue weighted by Crippen LogP contribution is 2.26. The molecule has 1 amide bonds. The smallest absolute Gasteiger partial charge is 0.270 e. The largest absolute Gasteiger partial charge is 0.463 e. The van der Waals surface area contributed by atoms with Gasteiger partial charge in [-0.15, -0.1) is 0 Å². The van der Waals surface area contributed by atoms with Gasteiger partial charge in [0.25, 0.3) is 5.91 Å². The second-order valence-corrected chi connectivity index (χ2v) is 6.18. The fourth-order valence-electron chi connectivity index (χ4n) is 3.55. The van der Waals surface area contributed by atoms with Crippen molar-refractivity contribution in [3.8, 4) is 0 Å². The van der Waals surface area contributed by atoms with Crippen LogP contribution >= 0.6 is 0 Å². The van der Waals surface area contributed by atoms with Gasteiger partial charge < -0.3 is 14.6 Å². The van der Waals surface area contributed by atoms with E-state index < -0.39 is 0 Å². The van der Waals surface area contributed by atoms with Crippen LogP contribution in [0.15, 0.2) is 29.0 Å². The summed E-state index contributed by atoms with van der Waals surface area (Å²) in [5, 5.41) is 4.08. The van der Waals surface area contributed by atoms with E-state index in [1.54, 1.807) is 18.5 Å². The molecule has 0 radical (unpaired) electrons. The maximum atomic E-state index is 12.4. The fourth-order valence-corrected chi connectivity index (χ4v) is 3.55. The molecule has 1 atom stereocenters. The highest BCUT2D eigenvalue weighted by molar-refractivity contribution is 5.95. The highest BCUT2D eigenvalue weighted by atomic mass is 16.3. The van der Waals surface area contributed by atoms with Crippen LogP contribution in [0.5, 0.6) is 0 Å². The lowest BCUT2D eigenvalue weighted by Gasteiger charge is -2.26. The number of carbonyl (C=O) groups is 1. The molecular weight excluding hydrogens is 266 g/mol. The van der Waals surface area contributed by atoms with Gasteiger partial charge in [-0.05, 0) is 50.4 Å². The standard InChI is InChI=1S/C16H19N3O2/c20-16(14-8-12-3-6-21-15(12)9-17-14)18-13-7-11-1-4-19(10-13)5-2-11/h3,6,8-9,11,13H,1-2,4-5,7,10H2,(H,18,20). The van der Waals surface area contributed by atoms with Crippen LogP contribution in [0.1, 0.15) is 29.8 Å². The zero-order valence-corrected chi connectivity index (χ0v) is 11.9. The molecule has 3 saturated heterocycles. The molecule has 5 heterocycles. The van der Waals surface area contributed by atoms with E-state index in [1.165, 1.54) is 25.9 Å². The number of rotatable bonds is 2. The zero-order valence-electron chi connectivity index (χ0n) is 11.9. The Morgan fingerprint density at radius 1 is 1.38 bits per heavy atom. The Bertz CT molecular complexity index is 644. The molecule has 5 heteroatoms. The number of nitrogens with zero attached hydrogens (tertiary/aromatic N) is 2. The van der Waals surface area contributed by atoms with E-state index in [0.717, 1.165) is 24.3 Å². The second-order valence-electron chi connectivity index (χ2n) is 6.18. The molecule has 1 N–H and O–H groups in total. The average molecular weight is 285 g/mol. The Balaban J connectivity index is 1.49. The summed E-state index contributed by atoms with van der Waals surface area (Å²) in [5.74, 6) is 0.684. The molecule has 3 aliphatic rings. The molecular formula is C16H19N3O2. The van der Waals surface area contributed by atoms with Crippen molar-refractivity contribution in [3.05, 3.63) is 30.3 Å². The number of furan rings is 1. The van der Waals surface area contributed by atoms with Crippen LogP contribution in [0.4, 0.5) is 0 Å². The van der Waals surface area contributed by atoms with E-state index in [-0.39, 0.29) is 11.9 Å². The Morgan fingerprint density at radius 2 is 2.24 bits per heavy atom. The molecule has 3 fully saturated rings. The van der Waals surface area contributed by atoms with Crippen LogP contribution in [-0.2, 0) is 0 Å². The van der Waals surface area contributed by atoms with Crippen LogP contribution in [0, 0.1) is 5.92 Å². The van der Waals surface area contributed by atoms with Crippen molar-refractivity contribution in [2.45, 2.75) is 25.3 Å². The summed E-state index contributed by atoms with van der Waals surface area (Å²) in [6, 6.07) is 3.89. The molecule has 110 valence electrons. The Morgan fingerprint density at radius 3 is 3.10 bits per heavy atom. The third-order valence-electron chi connectivity index (χ3n) is 4.71. The molecule has 0 saturated carbocycles. The summed E-state index contributed by atoms with van der Waals surface area (Å²) in [5.41, 5.74) is 1.18. The average Bonchev–Trinajstić information content (AvgIpc) is 2.78. The summed E-state index contributed by atoms with van der Waals surface area (Å²) in [7, 11) is 0. The van der Waals surface area contributed by atoms with E-state index in [4.69, 9.17) is 4.42 Å². The van der Waals surface area contributed by atoms with Crippen molar-refractivity contribution in [1.29, 1.82) is 0 Å². The third-order valence-corrected chi connectivity index (χ3v) is 4.71. The lowest BCUT2D eigenvalue weighted by molar-refractivity contribution is 0.0924. The van der Waals surface area contributed by atoms with Crippen molar-refractivity contribution in [2.24, 2.45) is 5.92 Å². The first-order valence-electron chi connectivity index (χ1n) is 7.64. The maximum absolute atomic E-state index is 12.4. The molecule has 2 aromatic heterocycles. The van der Waals surface area contributed by atoms with Gasteiger partial charge in [-0.2, -0.15) is 0 Å². The molecule has 0 aromatic carbocycles. The summed E-state index contributed by atoms with van der Waals surface area (Å²) in [6.45, 7) is 3.32. The number of aromatic nitrogens is 1. The van der Waals surface area contributed by atoms with E-state index in [2.05, 4.69) is 15.2 Å². The first-order valence-corrected chi connectivity index (χ1v) is 7.64. The number of amides is 1. The molecule has 0 aliphatic carbocycles. The van der Waals surface area contributed by atoms with Crippen molar-refractivity contribution in [2.75, 3.05) is 19.6 Å². The highest BCUT2D eigenvalue weighted by Gasteiger charge is 2.30. The number of hydrogen-bond donors (Lipinski definition) is 1. The summed E-state index contributed by atoms with van der Waals surface area (Å²) in [6.07, 6.45) is 6.86. The Labute approximate surface area is 123 Å². The molecule has 0 spiro atoms. The van der Waals surface area contributed by atoms with Gasteiger partial charge in [0.1, 0.15) is 5.69 Å². The van der Waals surface area contributed by atoms with Gasteiger partial charge in [-0.1, -0.05) is 0 Å². The normalized spacial score (nSPS) is 28.5. The Hall–Kier alpha value is -1.88. The minimum atomic E-state index is -0.0781. The lowest BCUT2D eigenvalue weighted by Crippen LogP contribution is -2.42. The zero-order chi connectivity index (χ0) is 14.2. The molecule has 2 bridgehead atoms. The number of hydrogen-bond acceptors (Lipinski definition) is 4. The predicted molar refractivity (Wildman–Crippen MR) is 79.0 cm³/mol. The van der Waals surface area contributed by atoms with Crippen LogP contribution in [0.3, 0.4) is 0 Å². The van der Waals surface area contributed by atoms with Gasteiger partial charge in [-0.25, -0.2) is 4.98 Å². The molecule has 2 aromatic rings. The lowest BCUT2D eigenvalue weighted by atomic mass is 9.94. The first-order chi connectivity index (χ1) is 10.3. The van der Waals surface area contributed by atoms with Gasteiger partial charge in [0.15, 0.2) is 5.58 Å². The quantitative estimate of drug-likeness (QED) is 0.917. The molecule has 3 aliphatic heterocycles. The molecule has 5 rings (SSSR count). The minimum absolute atomic E-state index is 0.0781. The third kappa shape index (κ3) is 2.53. The predicted octanol–water partition coefficient (Wildman–Crippen LogP) is 2.04. The summed E-state index contributed by atoms with van der Waals surface area (Å²) >= 11 is 0. The fraction of sp³-hybridized carbons (Fsp3) is 0.500. The topological polar surface area (TPSA) is 58.4 Å². The minimum Gasteiger partial charge on any atom is -0.463 e. The van der Waals surface area contributed by atoms with Crippen molar-refractivity contribution in [3.63, 3.8) is 0 Å². The van der Waals surface area contributed by atoms with Gasteiger partial charge in [0.2, 0.25) is 0 Å². The Kier molecular flexibility index (Phi) is 3.15. The van der Waals surface area contributed by atoms with E-state index in [0.29, 0.717) is 11.3 Å². The van der Waals surface area contributed by atoms with Crippen molar-refractivity contribution in [1.82, 2.24) is 15.2 Å². The van der Waals surface area contributed by atoms with E-state index >= 15 is 0 Å². The van der Waals surface area contributed by atoms with E-state index in [1.807, 2.05) is 6.07 Å². The molecule has 1 unspecified atom stereocenters. The monoisotopic (exact) mass is 285 g/mol. The summed E-state index contributed by atoms with van der Waals surface area (Å²) < 4.78 is 5.25.